The van der Waals surface area contributed by atoms with Crippen LogP contribution in [0.5, 0.6) is 11.5 Å². The summed E-state index contributed by atoms with van der Waals surface area (Å²) in [5.41, 5.74) is 6.12. The van der Waals surface area contributed by atoms with Gasteiger partial charge in [-0.05, 0) is 24.3 Å². The molecule has 0 aliphatic rings. The third-order valence-corrected chi connectivity index (χ3v) is 2.24. The van der Waals surface area contributed by atoms with Crippen molar-refractivity contribution in [3.63, 3.8) is 0 Å². The minimum atomic E-state index is 0.0246. The molecule has 4 nitrogen and oxygen atoms in total. The van der Waals surface area contributed by atoms with Crippen LogP contribution in [0.2, 0.25) is 0 Å². The number of rotatable bonds is 3. The minimum Gasteiger partial charge on any atom is -0.457 e. The molecule has 0 aliphatic heterocycles. The maximum Gasteiger partial charge on any atom is 0.173 e. The SMILES string of the molecule is N/C(=N\O)c1ccccc1Oc1ccccc1. The van der Waals surface area contributed by atoms with Crippen molar-refractivity contribution in [3.05, 3.63) is 60.2 Å². The summed E-state index contributed by atoms with van der Waals surface area (Å²) in [6.45, 7) is 0. The van der Waals surface area contributed by atoms with Gasteiger partial charge < -0.3 is 15.7 Å². The summed E-state index contributed by atoms with van der Waals surface area (Å²) >= 11 is 0. The molecule has 0 amide bonds. The third kappa shape index (κ3) is 2.55. The molecule has 0 fully saturated rings. The molecule has 0 bridgehead atoms. The third-order valence-electron chi connectivity index (χ3n) is 2.24. The van der Waals surface area contributed by atoms with Crippen LogP contribution in [0.25, 0.3) is 0 Å². The zero-order valence-electron chi connectivity index (χ0n) is 9.08. The summed E-state index contributed by atoms with van der Waals surface area (Å²) in [5.74, 6) is 1.27. The molecule has 86 valence electrons. The molecule has 2 rings (SSSR count). The van der Waals surface area contributed by atoms with Crippen molar-refractivity contribution in [3.8, 4) is 11.5 Å². The first-order valence-corrected chi connectivity index (χ1v) is 5.11. The summed E-state index contributed by atoms with van der Waals surface area (Å²) < 4.78 is 5.66. The highest BCUT2D eigenvalue weighted by atomic mass is 16.5. The quantitative estimate of drug-likeness (QED) is 0.367. The summed E-state index contributed by atoms with van der Waals surface area (Å²) in [4.78, 5) is 0. The minimum absolute atomic E-state index is 0.0246. The van der Waals surface area contributed by atoms with E-state index < -0.39 is 0 Å². The van der Waals surface area contributed by atoms with Crippen molar-refractivity contribution in [1.29, 1.82) is 0 Å². The zero-order chi connectivity index (χ0) is 12.1. The first-order valence-electron chi connectivity index (χ1n) is 5.11. The highest BCUT2D eigenvalue weighted by Gasteiger charge is 2.07. The Bertz CT molecular complexity index is 524. The Balaban J connectivity index is 2.33. The highest BCUT2D eigenvalue weighted by Crippen LogP contribution is 2.24. The van der Waals surface area contributed by atoms with Gasteiger partial charge in [-0.3, -0.25) is 0 Å². The number of nitrogens with zero attached hydrogens (tertiary/aromatic N) is 1. The van der Waals surface area contributed by atoms with Gasteiger partial charge in [0.25, 0.3) is 0 Å². The highest BCUT2D eigenvalue weighted by molar-refractivity contribution is 5.99. The summed E-state index contributed by atoms with van der Waals surface area (Å²) in [5, 5.41) is 11.7. The fourth-order valence-electron chi connectivity index (χ4n) is 1.44. The van der Waals surface area contributed by atoms with Crippen LogP contribution in [0.4, 0.5) is 0 Å². The maximum atomic E-state index is 8.69. The van der Waals surface area contributed by atoms with Gasteiger partial charge in [0, 0.05) is 0 Å². The Morgan fingerprint density at radius 2 is 1.65 bits per heavy atom. The van der Waals surface area contributed by atoms with Gasteiger partial charge in [-0.1, -0.05) is 35.5 Å². The zero-order valence-corrected chi connectivity index (χ0v) is 9.08. The molecule has 17 heavy (non-hydrogen) atoms. The van der Waals surface area contributed by atoms with E-state index in [2.05, 4.69) is 5.16 Å². The number of ether oxygens (including phenoxy) is 1. The largest absolute Gasteiger partial charge is 0.457 e. The lowest BCUT2D eigenvalue weighted by Crippen LogP contribution is -2.13. The van der Waals surface area contributed by atoms with E-state index in [4.69, 9.17) is 15.7 Å². The molecule has 0 saturated heterocycles. The topological polar surface area (TPSA) is 67.8 Å². The van der Waals surface area contributed by atoms with E-state index in [0.717, 1.165) is 0 Å². The van der Waals surface area contributed by atoms with Crippen LogP contribution in [0, 0.1) is 0 Å². The lowest BCUT2D eigenvalue weighted by atomic mass is 10.2. The normalized spacial score (nSPS) is 11.2. The molecule has 0 aromatic heterocycles. The molecule has 4 heteroatoms. The maximum absolute atomic E-state index is 8.69. The van der Waals surface area contributed by atoms with Crippen LogP contribution in [-0.2, 0) is 0 Å². The molecule has 2 aromatic carbocycles. The Kier molecular flexibility index (Phi) is 3.25. The average molecular weight is 228 g/mol. The van der Waals surface area contributed by atoms with E-state index in [-0.39, 0.29) is 5.84 Å². The molecule has 0 unspecified atom stereocenters. The number of hydrogen-bond donors (Lipinski definition) is 2. The van der Waals surface area contributed by atoms with E-state index >= 15 is 0 Å². The van der Waals surface area contributed by atoms with E-state index in [1.54, 1.807) is 18.2 Å². The second-order valence-corrected chi connectivity index (χ2v) is 3.40. The van der Waals surface area contributed by atoms with Gasteiger partial charge in [-0.25, -0.2) is 0 Å². The lowest BCUT2D eigenvalue weighted by Gasteiger charge is -2.09. The van der Waals surface area contributed by atoms with Crippen LogP contribution in [0.1, 0.15) is 5.56 Å². The average Bonchev–Trinajstić information content (AvgIpc) is 2.40. The van der Waals surface area contributed by atoms with Gasteiger partial charge in [-0.15, -0.1) is 0 Å². The van der Waals surface area contributed by atoms with E-state index in [0.29, 0.717) is 17.1 Å². The number of para-hydroxylation sites is 2. The van der Waals surface area contributed by atoms with Crippen LogP contribution in [-0.4, -0.2) is 11.0 Å². The van der Waals surface area contributed by atoms with Crippen LogP contribution in [0.15, 0.2) is 59.8 Å². The molecule has 0 aliphatic carbocycles. The summed E-state index contributed by atoms with van der Waals surface area (Å²) in [7, 11) is 0. The Morgan fingerprint density at radius 1 is 1.00 bits per heavy atom. The first kappa shape index (κ1) is 11.0. The van der Waals surface area contributed by atoms with Crippen molar-refractivity contribution in [2.24, 2.45) is 10.9 Å². The number of hydrogen-bond acceptors (Lipinski definition) is 3. The molecule has 0 heterocycles. The summed E-state index contributed by atoms with van der Waals surface area (Å²) in [6, 6.07) is 16.4. The Labute approximate surface area is 99.0 Å². The fraction of sp³-hybridized carbons (Fsp3) is 0. The number of benzene rings is 2. The van der Waals surface area contributed by atoms with Gasteiger partial charge >= 0.3 is 0 Å². The number of nitrogens with two attached hydrogens (primary N) is 1. The molecular formula is C13H12N2O2. The van der Waals surface area contributed by atoms with Crippen LogP contribution >= 0.6 is 0 Å². The predicted molar refractivity (Wildman–Crippen MR) is 65.5 cm³/mol. The van der Waals surface area contributed by atoms with Crippen molar-refractivity contribution in [2.75, 3.05) is 0 Å². The second kappa shape index (κ2) is 5.03. The molecule has 0 saturated carbocycles. The van der Waals surface area contributed by atoms with E-state index in [9.17, 15) is 0 Å². The molecule has 2 aromatic rings. The molecule has 0 spiro atoms. The molecule has 0 radical (unpaired) electrons. The number of oxime groups is 1. The molecule has 0 atom stereocenters. The standard InChI is InChI=1S/C13H12N2O2/c14-13(15-16)11-8-4-5-9-12(11)17-10-6-2-1-3-7-10/h1-9,16H,(H2,14,15). The number of amidine groups is 1. The fourth-order valence-corrected chi connectivity index (χ4v) is 1.44. The second-order valence-electron chi connectivity index (χ2n) is 3.40. The van der Waals surface area contributed by atoms with Crippen molar-refractivity contribution in [1.82, 2.24) is 0 Å². The monoisotopic (exact) mass is 228 g/mol. The Hall–Kier alpha value is -2.49. The van der Waals surface area contributed by atoms with E-state index in [1.165, 1.54) is 0 Å². The van der Waals surface area contributed by atoms with Crippen molar-refractivity contribution in [2.45, 2.75) is 0 Å². The molecule has 3 N–H and O–H groups in total. The van der Waals surface area contributed by atoms with Crippen molar-refractivity contribution < 1.29 is 9.94 Å². The van der Waals surface area contributed by atoms with E-state index in [1.807, 2.05) is 36.4 Å². The van der Waals surface area contributed by atoms with Crippen LogP contribution in [0.3, 0.4) is 0 Å². The van der Waals surface area contributed by atoms with Crippen molar-refractivity contribution >= 4 is 5.84 Å². The van der Waals surface area contributed by atoms with Gasteiger partial charge in [0.15, 0.2) is 5.84 Å². The predicted octanol–water partition coefficient (Wildman–Crippen LogP) is 2.57. The Morgan fingerprint density at radius 3 is 2.35 bits per heavy atom. The van der Waals surface area contributed by atoms with Gasteiger partial charge in [0.05, 0.1) is 5.56 Å². The van der Waals surface area contributed by atoms with Gasteiger partial charge in [0.2, 0.25) is 0 Å². The van der Waals surface area contributed by atoms with Gasteiger partial charge in [-0.2, -0.15) is 0 Å². The van der Waals surface area contributed by atoms with Gasteiger partial charge in [0.1, 0.15) is 11.5 Å². The summed E-state index contributed by atoms with van der Waals surface area (Å²) in [6.07, 6.45) is 0. The first-order chi connectivity index (χ1) is 8.31. The smallest absolute Gasteiger partial charge is 0.173 e. The molecular weight excluding hydrogens is 216 g/mol. The lowest BCUT2D eigenvalue weighted by molar-refractivity contribution is 0.318. The van der Waals surface area contributed by atoms with Crippen LogP contribution < -0.4 is 10.5 Å².